The molecule has 0 saturated carbocycles. The van der Waals surface area contributed by atoms with E-state index in [1.165, 1.54) is 6.42 Å². The average Bonchev–Trinajstić information content (AvgIpc) is 2.98. The van der Waals surface area contributed by atoms with Crippen molar-refractivity contribution in [2.24, 2.45) is 5.92 Å². The van der Waals surface area contributed by atoms with Crippen LogP contribution in [0.2, 0.25) is 0 Å². The molecule has 6 nitrogen and oxygen atoms in total. The molecule has 1 N–H and O–H groups in total. The Morgan fingerprint density at radius 2 is 1.93 bits per heavy atom. The van der Waals surface area contributed by atoms with Crippen LogP contribution in [-0.2, 0) is 0 Å². The Kier molecular flexibility index (Phi) is 9.22. The number of halogens is 2. The lowest BCUT2D eigenvalue weighted by Crippen LogP contribution is -2.39. The lowest BCUT2D eigenvalue weighted by Gasteiger charge is -2.32. The first-order chi connectivity index (χ1) is 12.1. The molecule has 0 aromatic carbocycles. The number of nitrogens with one attached hydrogen (secondary N) is 1. The minimum Gasteiger partial charge on any atom is -0.339 e. The Balaban J connectivity index is 0.00000182. The Bertz CT molecular complexity index is 724. The van der Waals surface area contributed by atoms with E-state index < -0.39 is 0 Å². The number of carbonyl (C=O) groups is 1. The zero-order valence-electron chi connectivity index (χ0n) is 16.1. The molecular weight excluding hydrogens is 385 g/mol. The van der Waals surface area contributed by atoms with Gasteiger partial charge in [0.25, 0.3) is 5.91 Å². The standard InChI is InChI=1S/C19H27N5O.2ClH/c1-14-12-15(2)24(22-14)18-5-4-17(13-21-18)19(25)23-10-7-16(8-11-23)6-9-20-3;;/h4-5,12-13,16,20H,6-11H2,1-3H3;2*1H. The monoisotopic (exact) mass is 413 g/mol. The van der Waals surface area contributed by atoms with Gasteiger partial charge < -0.3 is 10.2 Å². The van der Waals surface area contributed by atoms with E-state index in [9.17, 15) is 4.79 Å². The number of rotatable bonds is 5. The van der Waals surface area contributed by atoms with Crippen LogP contribution in [0.4, 0.5) is 0 Å². The fourth-order valence-electron chi connectivity index (χ4n) is 3.45. The summed E-state index contributed by atoms with van der Waals surface area (Å²) >= 11 is 0. The second-order valence-electron chi connectivity index (χ2n) is 6.87. The predicted octanol–water partition coefficient (Wildman–Crippen LogP) is 3.19. The number of likely N-dealkylation sites (tertiary alicyclic amines) is 1. The van der Waals surface area contributed by atoms with E-state index in [-0.39, 0.29) is 30.7 Å². The van der Waals surface area contributed by atoms with Crippen LogP contribution in [-0.4, -0.2) is 52.3 Å². The molecule has 0 radical (unpaired) electrons. The lowest BCUT2D eigenvalue weighted by molar-refractivity contribution is 0.0686. The van der Waals surface area contributed by atoms with Gasteiger partial charge in [-0.1, -0.05) is 0 Å². The highest BCUT2D eigenvalue weighted by atomic mass is 35.5. The average molecular weight is 414 g/mol. The summed E-state index contributed by atoms with van der Waals surface area (Å²) in [6, 6.07) is 5.74. The van der Waals surface area contributed by atoms with Crippen molar-refractivity contribution in [1.82, 2.24) is 25.0 Å². The maximum Gasteiger partial charge on any atom is 0.255 e. The van der Waals surface area contributed by atoms with Crippen molar-refractivity contribution >= 4 is 30.7 Å². The molecule has 1 aliphatic heterocycles. The van der Waals surface area contributed by atoms with Crippen LogP contribution >= 0.6 is 24.8 Å². The molecule has 1 aliphatic rings. The van der Waals surface area contributed by atoms with E-state index in [2.05, 4.69) is 15.4 Å². The zero-order chi connectivity index (χ0) is 17.8. The summed E-state index contributed by atoms with van der Waals surface area (Å²) in [6.07, 6.45) is 5.04. The number of piperidine rings is 1. The normalized spacial score (nSPS) is 14.4. The van der Waals surface area contributed by atoms with Crippen LogP contribution in [0.1, 0.15) is 41.0 Å². The summed E-state index contributed by atoms with van der Waals surface area (Å²) in [5.74, 6) is 1.55. The molecule has 0 atom stereocenters. The Morgan fingerprint density at radius 3 is 2.44 bits per heavy atom. The molecule has 1 fully saturated rings. The maximum atomic E-state index is 12.7. The summed E-state index contributed by atoms with van der Waals surface area (Å²) < 4.78 is 1.80. The second kappa shape index (κ2) is 10.6. The van der Waals surface area contributed by atoms with Crippen LogP contribution in [0.3, 0.4) is 0 Å². The third-order valence-electron chi connectivity index (χ3n) is 4.93. The summed E-state index contributed by atoms with van der Waals surface area (Å²) in [4.78, 5) is 19.1. The lowest BCUT2D eigenvalue weighted by atomic mass is 9.93. The Morgan fingerprint density at radius 1 is 1.22 bits per heavy atom. The number of amides is 1. The van der Waals surface area contributed by atoms with Crippen LogP contribution < -0.4 is 5.32 Å². The van der Waals surface area contributed by atoms with E-state index in [4.69, 9.17) is 0 Å². The number of hydrogen-bond donors (Lipinski definition) is 1. The van der Waals surface area contributed by atoms with E-state index in [1.54, 1.807) is 10.9 Å². The minimum absolute atomic E-state index is 0. The van der Waals surface area contributed by atoms with Crippen LogP contribution in [0.15, 0.2) is 24.4 Å². The quantitative estimate of drug-likeness (QED) is 0.817. The minimum atomic E-state index is 0. The fourth-order valence-corrected chi connectivity index (χ4v) is 3.45. The first-order valence-corrected chi connectivity index (χ1v) is 9.02. The summed E-state index contributed by atoms with van der Waals surface area (Å²) in [5, 5.41) is 7.63. The molecule has 1 saturated heterocycles. The molecule has 150 valence electrons. The predicted molar refractivity (Wildman–Crippen MR) is 113 cm³/mol. The molecule has 27 heavy (non-hydrogen) atoms. The number of carbonyl (C=O) groups excluding carboxylic acids is 1. The third-order valence-corrected chi connectivity index (χ3v) is 4.93. The first-order valence-electron chi connectivity index (χ1n) is 9.02. The van der Waals surface area contributed by atoms with E-state index in [0.29, 0.717) is 5.56 Å². The van der Waals surface area contributed by atoms with Gasteiger partial charge in [0.05, 0.1) is 11.3 Å². The number of pyridine rings is 1. The molecule has 0 unspecified atom stereocenters. The molecule has 0 spiro atoms. The van der Waals surface area contributed by atoms with E-state index in [1.807, 2.05) is 44.0 Å². The van der Waals surface area contributed by atoms with Crippen molar-refractivity contribution in [2.45, 2.75) is 33.1 Å². The second-order valence-corrected chi connectivity index (χ2v) is 6.87. The molecule has 3 rings (SSSR count). The Labute approximate surface area is 173 Å². The third kappa shape index (κ3) is 5.67. The molecule has 0 aliphatic carbocycles. The van der Waals surface area contributed by atoms with Crippen LogP contribution in [0.5, 0.6) is 0 Å². The van der Waals surface area contributed by atoms with Gasteiger partial charge in [0, 0.05) is 25.0 Å². The molecule has 8 heteroatoms. The van der Waals surface area contributed by atoms with Gasteiger partial charge in [0.15, 0.2) is 5.82 Å². The molecule has 2 aromatic rings. The fraction of sp³-hybridized carbons (Fsp3) is 0.526. The van der Waals surface area contributed by atoms with Gasteiger partial charge in [-0.15, -0.1) is 24.8 Å². The van der Waals surface area contributed by atoms with Crippen molar-refractivity contribution in [1.29, 1.82) is 0 Å². The SMILES string of the molecule is CNCCC1CCN(C(=O)c2ccc(-n3nc(C)cc3C)nc2)CC1.Cl.Cl. The van der Waals surface area contributed by atoms with Crippen molar-refractivity contribution in [2.75, 3.05) is 26.7 Å². The highest BCUT2D eigenvalue weighted by Gasteiger charge is 2.23. The summed E-state index contributed by atoms with van der Waals surface area (Å²) in [5.41, 5.74) is 2.65. The van der Waals surface area contributed by atoms with Gasteiger partial charge in [0.1, 0.15) is 0 Å². The molecule has 0 bridgehead atoms. The summed E-state index contributed by atoms with van der Waals surface area (Å²) in [7, 11) is 1.99. The molecule has 3 heterocycles. The molecule has 1 amide bonds. The highest BCUT2D eigenvalue weighted by Crippen LogP contribution is 2.21. The van der Waals surface area contributed by atoms with Gasteiger partial charge in [-0.2, -0.15) is 5.10 Å². The molecular formula is C19H29Cl2N5O. The van der Waals surface area contributed by atoms with Gasteiger partial charge in [-0.25, -0.2) is 9.67 Å². The smallest absolute Gasteiger partial charge is 0.255 e. The van der Waals surface area contributed by atoms with Crippen molar-refractivity contribution in [3.05, 3.63) is 41.3 Å². The van der Waals surface area contributed by atoms with Crippen molar-refractivity contribution in [3.63, 3.8) is 0 Å². The van der Waals surface area contributed by atoms with E-state index >= 15 is 0 Å². The highest BCUT2D eigenvalue weighted by molar-refractivity contribution is 5.94. The molecule has 2 aromatic heterocycles. The number of nitrogens with zero attached hydrogens (tertiary/aromatic N) is 4. The summed E-state index contributed by atoms with van der Waals surface area (Å²) in [6.45, 7) is 6.69. The van der Waals surface area contributed by atoms with Gasteiger partial charge >= 0.3 is 0 Å². The maximum absolute atomic E-state index is 12.7. The van der Waals surface area contributed by atoms with Crippen molar-refractivity contribution < 1.29 is 4.79 Å². The number of aryl methyl sites for hydroxylation is 2. The zero-order valence-corrected chi connectivity index (χ0v) is 17.8. The van der Waals surface area contributed by atoms with Gasteiger partial charge in [-0.3, -0.25) is 4.79 Å². The topological polar surface area (TPSA) is 63.1 Å². The van der Waals surface area contributed by atoms with Gasteiger partial charge in [0.2, 0.25) is 0 Å². The number of hydrogen-bond acceptors (Lipinski definition) is 4. The number of aromatic nitrogens is 3. The van der Waals surface area contributed by atoms with E-state index in [0.717, 1.165) is 55.6 Å². The van der Waals surface area contributed by atoms with Crippen molar-refractivity contribution in [3.8, 4) is 5.82 Å². The van der Waals surface area contributed by atoms with Crippen LogP contribution in [0.25, 0.3) is 5.82 Å². The van der Waals surface area contributed by atoms with Crippen LogP contribution in [0, 0.1) is 19.8 Å². The first kappa shape index (κ1) is 23.4. The largest absolute Gasteiger partial charge is 0.339 e. The van der Waals surface area contributed by atoms with Gasteiger partial charge in [-0.05, 0) is 70.8 Å². The Hall–Kier alpha value is -1.63.